The normalized spacial score (nSPS) is 11.0. The van der Waals surface area contributed by atoms with E-state index in [-0.39, 0.29) is 18.2 Å². The maximum atomic E-state index is 13.2. The molecular formula is C21H15F3N2O2S. The SMILES string of the molecule is Fc1ccc(-c2csc3ncnc(OCCCOc4cc(F)cc(F)c4)c23)cc1. The first-order valence-corrected chi connectivity index (χ1v) is 9.68. The van der Waals surface area contributed by atoms with Crippen LogP contribution >= 0.6 is 11.3 Å². The van der Waals surface area contributed by atoms with Gasteiger partial charge in [0.1, 0.15) is 34.4 Å². The molecule has 0 aliphatic heterocycles. The van der Waals surface area contributed by atoms with Crippen molar-refractivity contribution < 1.29 is 22.6 Å². The number of fused-ring (bicyclic) bond motifs is 1. The molecule has 0 atom stereocenters. The average Bonchev–Trinajstić information content (AvgIpc) is 3.12. The van der Waals surface area contributed by atoms with Crippen molar-refractivity contribution in [2.45, 2.75) is 6.42 Å². The van der Waals surface area contributed by atoms with Crippen LogP contribution in [-0.2, 0) is 0 Å². The first-order chi connectivity index (χ1) is 14.1. The molecule has 4 rings (SSSR count). The van der Waals surface area contributed by atoms with Gasteiger partial charge in [0.2, 0.25) is 5.88 Å². The standard InChI is InChI=1S/C21H15F3N2O2S/c22-14-4-2-13(3-5-14)18-11-29-21-19(18)20(25-12-26-21)28-7-1-6-27-17-9-15(23)8-16(24)10-17/h2-5,8-12H,1,6-7H2. The third kappa shape index (κ3) is 4.48. The molecule has 0 fully saturated rings. The number of ether oxygens (including phenoxy) is 2. The molecule has 0 N–H and O–H groups in total. The molecular weight excluding hydrogens is 401 g/mol. The Hall–Kier alpha value is -3.13. The molecule has 0 unspecified atom stereocenters. The second-order valence-corrected chi connectivity index (χ2v) is 7.03. The van der Waals surface area contributed by atoms with Crippen molar-refractivity contribution in [2.75, 3.05) is 13.2 Å². The fraction of sp³-hybridized carbons (Fsp3) is 0.143. The van der Waals surface area contributed by atoms with Crippen LogP contribution in [0.1, 0.15) is 6.42 Å². The van der Waals surface area contributed by atoms with Crippen molar-refractivity contribution in [2.24, 2.45) is 0 Å². The topological polar surface area (TPSA) is 44.2 Å². The van der Waals surface area contributed by atoms with Gasteiger partial charge in [0.15, 0.2) is 0 Å². The Kier molecular flexibility index (Phi) is 5.62. The van der Waals surface area contributed by atoms with Crippen molar-refractivity contribution >= 4 is 21.6 Å². The number of benzene rings is 2. The van der Waals surface area contributed by atoms with Crippen molar-refractivity contribution in [1.82, 2.24) is 9.97 Å². The van der Waals surface area contributed by atoms with Crippen molar-refractivity contribution in [1.29, 1.82) is 0 Å². The number of aromatic nitrogens is 2. The molecule has 2 heterocycles. The average molecular weight is 416 g/mol. The lowest BCUT2D eigenvalue weighted by Gasteiger charge is -2.09. The highest BCUT2D eigenvalue weighted by atomic mass is 32.1. The Morgan fingerprint density at radius 1 is 0.828 bits per heavy atom. The summed E-state index contributed by atoms with van der Waals surface area (Å²) in [7, 11) is 0. The van der Waals surface area contributed by atoms with E-state index in [9.17, 15) is 13.2 Å². The number of rotatable bonds is 7. The minimum absolute atomic E-state index is 0.128. The maximum Gasteiger partial charge on any atom is 0.225 e. The monoisotopic (exact) mass is 416 g/mol. The van der Waals surface area contributed by atoms with Crippen LogP contribution in [0.2, 0.25) is 0 Å². The zero-order valence-electron chi connectivity index (χ0n) is 15.1. The van der Waals surface area contributed by atoms with Gasteiger partial charge in [-0.2, -0.15) is 0 Å². The Balaban J connectivity index is 1.43. The molecule has 2 aromatic carbocycles. The summed E-state index contributed by atoms with van der Waals surface area (Å²) in [6, 6.07) is 9.22. The van der Waals surface area contributed by atoms with Gasteiger partial charge in [-0.3, -0.25) is 0 Å². The summed E-state index contributed by atoms with van der Waals surface area (Å²) in [6.07, 6.45) is 1.91. The minimum Gasteiger partial charge on any atom is -0.493 e. The Morgan fingerprint density at radius 2 is 1.55 bits per heavy atom. The quantitative estimate of drug-likeness (QED) is 0.367. The van der Waals surface area contributed by atoms with E-state index in [2.05, 4.69) is 9.97 Å². The van der Waals surface area contributed by atoms with E-state index in [1.807, 2.05) is 5.38 Å². The molecule has 148 valence electrons. The minimum atomic E-state index is -0.689. The fourth-order valence-electron chi connectivity index (χ4n) is 2.83. The van der Waals surface area contributed by atoms with Gasteiger partial charge in [-0.15, -0.1) is 11.3 Å². The predicted octanol–water partition coefficient (Wildman–Crippen LogP) is 5.62. The second-order valence-electron chi connectivity index (χ2n) is 6.17. The fourth-order valence-corrected chi connectivity index (χ4v) is 3.74. The van der Waals surface area contributed by atoms with Crippen LogP contribution in [0.3, 0.4) is 0 Å². The van der Waals surface area contributed by atoms with Gasteiger partial charge in [0.25, 0.3) is 0 Å². The van der Waals surface area contributed by atoms with Crippen LogP contribution in [0.25, 0.3) is 21.3 Å². The third-order valence-corrected chi connectivity index (χ3v) is 5.01. The number of halogens is 3. The molecule has 0 saturated heterocycles. The molecule has 0 saturated carbocycles. The lowest BCUT2D eigenvalue weighted by molar-refractivity contribution is 0.243. The van der Waals surface area contributed by atoms with Crippen LogP contribution < -0.4 is 9.47 Å². The number of hydrogen-bond acceptors (Lipinski definition) is 5. The zero-order chi connectivity index (χ0) is 20.2. The Morgan fingerprint density at radius 3 is 2.31 bits per heavy atom. The highest BCUT2D eigenvalue weighted by Crippen LogP contribution is 2.37. The van der Waals surface area contributed by atoms with E-state index in [0.717, 1.165) is 39.5 Å². The Bertz CT molecular complexity index is 1110. The number of hydrogen-bond donors (Lipinski definition) is 0. The third-order valence-electron chi connectivity index (χ3n) is 4.12. The molecule has 4 nitrogen and oxygen atoms in total. The van der Waals surface area contributed by atoms with Crippen LogP contribution in [0.15, 0.2) is 54.2 Å². The molecule has 2 aromatic heterocycles. The van der Waals surface area contributed by atoms with Crippen LogP contribution in [0, 0.1) is 17.5 Å². The van der Waals surface area contributed by atoms with Crippen molar-refractivity contribution in [3.63, 3.8) is 0 Å². The highest BCUT2D eigenvalue weighted by molar-refractivity contribution is 7.17. The predicted molar refractivity (Wildman–Crippen MR) is 105 cm³/mol. The van der Waals surface area contributed by atoms with E-state index in [4.69, 9.17) is 9.47 Å². The van der Waals surface area contributed by atoms with Crippen LogP contribution in [0.4, 0.5) is 13.2 Å². The summed E-state index contributed by atoms with van der Waals surface area (Å²) in [5.41, 5.74) is 1.71. The van der Waals surface area contributed by atoms with E-state index in [1.54, 1.807) is 12.1 Å². The molecule has 0 radical (unpaired) electrons. The molecule has 0 aliphatic rings. The van der Waals surface area contributed by atoms with Crippen LogP contribution in [0.5, 0.6) is 11.6 Å². The van der Waals surface area contributed by atoms with Crippen molar-refractivity contribution in [3.8, 4) is 22.8 Å². The lowest BCUT2D eigenvalue weighted by atomic mass is 10.1. The van der Waals surface area contributed by atoms with Gasteiger partial charge in [0, 0.05) is 35.6 Å². The van der Waals surface area contributed by atoms with Crippen molar-refractivity contribution in [3.05, 3.63) is 71.6 Å². The second kappa shape index (κ2) is 8.48. The van der Waals surface area contributed by atoms with Gasteiger partial charge in [0.05, 0.1) is 18.6 Å². The van der Waals surface area contributed by atoms with E-state index < -0.39 is 11.6 Å². The van der Waals surface area contributed by atoms with E-state index in [1.165, 1.54) is 29.8 Å². The van der Waals surface area contributed by atoms with Gasteiger partial charge in [-0.05, 0) is 17.7 Å². The largest absolute Gasteiger partial charge is 0.493 e. The molecule has 0 spiro atoms. The summed E-state index contributed by atoms with van der Waals surface area (Å²) >= 11 is 1.45. The smallest absolute Gasteiger partial charge is 0.225 e. The molecule has 29 heavy (non-hydrogen) atoms. The van der Waals surface area contributed by atoms with Gasteiger partial charge >= 0.3 is 0 Å². The van der Waals surface area contributed by atoms with E-state index in [0.29, 0.717) is 18.9 Å². The lowest BCUT2D eigenvalue weighted by Crippen LogP contribution is -2.06. The highest BCUT2D eigenvalue weighted by Gasteiger charge is 2.14. The zero-order valence-corrected chi connectivity index (χ0v) is 15.9. The maximum absolute atomic E-state index is 13.2. The number of nitrogens with zero attached hydrogens (tertiary/aromatic N) is 2. The first kappa shape index (κ1) is 19.2. The van der Waals surface area contributed by atoms with Gasteiger partial charge in [-0.25, -0.2) is 23.1 Å². The summed E-state index contributed by atoms with van der Waals surface area (Å²) in [5, 5.41) is 2.69. The molecule has 0 bridgehead atoms. The molecule has 4 aromatic rings. The Labute approximate surface area is 168 Å². The van der Waals surface area contributed by atoms with Gasteiger partial charge < -0.3 is 9.47 Å². The number of thiophene rings is 1. The first-order valence-electron chi connectivity index (χ1n) is 8.80. The molecule has 0 aliphatic carbocycles. The summed E-state index contributed by atoms with van der Waals surface area (Å²) in [6.45, 7) is 0.522. The summed E-state index contributed by atoms with van der Waals surface area (Å²) < 4.78 is 50.7. The molecule has 0 amide bonds. The summed E-state index contributed by atoms with van der Waals surface area (Å²) in [5.74, 6) is -1.13. The van der Waals surface area contributed by atoms with Crippen LogP contribution in [-0.4, -0.2) is 23.2 Å². The van der Waals surface area contributed by atoms with E-state index >= 15 is 0 Å². The molecule has 8 heteroatoms. The summed E-state index contributed by atoms with van der Waals surface area (Å²) in [4.78, 5) is 9.25. The van der Waals surface area contributed by atoms with Gasteiger partial charge in [-0.1, -0.05) is 12.1 Å².